The van der Waals surface area contributed by atoms with Crippen LogP contribution in [0, 0.1) is 0 Å². The summed E-state index contributed by atoms with van der Waals surface area (Å²) in [6, 6.07) is 7.07. The summed E-state index contributed by atoms with van der Waals surface area (Å²) in [4.78, 5) is 48.3. The fourth-order valence-electron chi connectivity index (χ4n) is 4.55. The van der Waals surface area contributed by atoms with Crippen molar-refractivity contribution >= 4 is 34.7 Å². The van der Waals surface area contributed by atoms with E-state index >= 15 is 0 Å². The smallest absolute Gasteiger partial charge is 0.338 e. The number of fused-ring (bicyclic) bond motifs is 1. The van der Waals surface area contributed by atoms with Crippen LogP contribution in [0.25, 0.3) is 0 Å². The summed E-state index contributed by atoms with van der Waals surface area (Å²) in [5.41, 5.74) is 2.70. The first kappa shape index (κ1) is 25.8. The summed E-state index contributed by atoms with van der Waals surface area (Å²) in [6.45, 7) is 9.07. The summed E-state index contributed by atoms with van der Waals surface area (Å²) in [7, 11) is 1.61. The zero-order chi connectivity index (χ0) is 26.0. The Kier molecular flexibility index (Phi) is 7.73. The Morgan fingerprint density at radius 1 is 1.08 bits per heavy atom. The van der Waals surface area contributed by atoms with E-state index in [0.29, 0.717) is 43.2 Å². The zero-order valence-electron chi connectivity index (χ0n) is 21.3. The summed E-state index contributed by atoms with van der Waals surface area (Å²) >= 11 is 1.44. The predicted octanol–water partition coefficient (Wildman–Crippen LogP) is 3.30. The summed E-state index contributed by atoms with van der Waals surface area (Å²) in [6.07, 6.45) is -0.109. The van der Waals surface area contributed by atoms with Crippen molar-refractivity contribution < 1.29 is 23.9 Å². The number of benzene rings is 1. The highest BCUT2D eigenvalue weighted by atomic mass is 32.2. The van der Waals surface area contributed by atoms with Crippen molar-refractivity contribution in [3.05, 3.63) is 52.2 Å². The number of piperazine rings is 1. The summed E-state index contributed by atoms with van der Waals surface area (Å²) in [5.74, 6) is 0.296. The number of hydrogen-bond donors (Lipinski definition) is 0. The molecule has 192 valence electrons. The van der Waals surface area contributed by atoms with E-state index in [1.54, 1.807) is 23.8 Å². The van der Waals surface area contributed by atoms with E-state index in [1.807, 2.05) is 55.3 Å². The molecule has 0 aromatic heterocycles. The third kappa shape index (κ3) is 5.28. The van der Waals surface area contributed by atoms with E-state index in [0.717, 1.165) is 16.4 Å². The third-order valence-electron chi connectivity index (χ3n) is 6.40. The van der Waals surface area contributed by atoms with Gasteiger partial charge in [0, 0.05) is 38.8 Å². The van der Waals surface area contributed by atoms with Gasteiger partial charge in [-0.25, -0.2) is 9.79 Å². The first-order chi connectivity index (χ1) is 17.2. The molecule has 3 aliphatic heterocycles. The molecule has 0 unspecified atom stereocenters. The number of methoxy groups -OCH3 is 1. The molecule has 0 radical (unpaired) electrons. The van der Waals surface area contributed by atoms with Crippen molar-refractivity contribution in [2.24, 2.45) is 4.99 Å². The van der Waals surface area contributed by atoms with Gasteiger partial charge in [0.1, 0.15) is 5.75 Å². The summed E-state index contributed by atoms with van der Waals surface area (Å²) in [5, 5.41) is 2.65. The Balaban J connectivity index is 1.62. The van der Waals surface area contributed by atoms with Crippen molar-refractivity contribution in [3.63, 3.8) is 0 Å². The Labute approximate surface area is 215 Å². The number of amides is 2. The molecule has 0 N–H and O–H groups in total. The topological polar surface area (TPSA) is 91.7 Å². The van der Waals surface area contributed by atoms with Gasteiger partial charge in [-0.05, 0) is 43.9 Å². The lowest BCUT2D eigenvalue weighted by Gasteiger charge is -2.38. The first-order valence-electron chi connectivity index (χ1n) is 12.0. The van der Waals surface area contributed by atoms with Gasteiger partial charge in [0.05, 0.1) is 36.9 Å². The molecule has 9 nitrogen and oxygen atoms in total. The van der Waals surface area contributed by atoms with Gasteiger partial charge in [0.25, 0.3) is 0 Å². The number of thioether (sulfide) groups is 1. The quantitative estimate of drug-likeness (QED) is 0.540. The lowest BCUT2D eigenvalue weighted by molar-refractivity contribution is -0.143. The van der Waals surface area contributed by atoms with Crippen LogP contribution in [-0.2, 0) is 19.1 Å². The molecule has 0 spiro atoms. The lowest BCUT2D eigenvalue weighted by Crippen LogP contribution is -2.50. The number of carbonyl (C=O) groups excluding carboxylic acids is 3. The number of amidine groups is 1. The van der Waals surface area contributed by atoms with Gasteiger partial charge in [-0.1, -0.05) is 23.9 Å². The van der Waals surface area contributed by atoms with Crippen LogP contribution in [0.5, 0.6) is 5.75 Å². The van der Waals surface area contributed by atoms with E-state index < -0.39 is 12.0 Å². The monoisotopic (exact) mass is 512 g/mol. The predicted molar refractivity (Wildman–Crippen MR) is 138 cm³/mol. The van der Waals surface area contributed by atoms with Crippen LogP contribution in [0.2, 0.25) is 0 Å². The van der Waals surface area contributed by atoms with E-state index in [4.69, 9.17) is 14.5 Å². The van der Waals surface area contributed by atoms with Crippen LogP contribution in [0.4, 0.5) is 0 Å². The van der Waals surface area contributed by atoms with Crippen molar-refractivity contribution in [3.8, 4) is 5.75 Å². The van der Waals surface area contributed by atoms with Crippen LogP contribution in [0.1, 0.15) is 45.7 Å². The molecular formula is C26H32N4O5S. The van der Waals surface area contributed by atoms with Gasteiger partial charge in [-0.3, -0.25) is 9.59 Å². The number of ether oxygens (including phenoxy) is 2. The molecule has 3 heterocycles. The average molecular weight is 513 g/mol. The molecule has 1 aromatic rings. The molecule has 0 aliphatic carbocycles. The van der Waals surface area contributed by atoms with Crippen molar-refractivity contribution in [2.45, 2.75) is 46.3 Å². The Hall–Kier alpha value is -3.27. The Morgan fingerprint density at radius 3 is 2.31 bits per heavy atom. The number of nitrogens with zero attached hydrogens (tertiary/aromatic N) is 4. The number of allylic oxidation sites excluding steroid dienone is 1. The SMILES string of the molecule is COc1ccc([C@@H]2C(C(=O)OC(C)C)=C(C)N=C3SC=C(CC(=O)N4CCN(C(C)=O)CC4)N32)cc1. The van der Waals surface area contributed by atoms with Crippen LogP contribution in [-0.4, -0.2) is 77.0 Å². The van der Waals surface area contributed by atoms with Crippen LogP contribution in [0.15, 0.2) is 51.6 Å². The molecule has 1 aromatic carbocycles. The molecule has 1 atom stereocenters. The average Bonchev–Trinajstić information content (AvgIpc) is 3.24. The van der Waals surface area contributed by atoms with Crippen molar-refractivity contribution in [1.29, 1.82) is 0 Å². The minimum Gasteiger partial charge on any atom is -0.497 e. The maximum absolute atomic E-state index is 13.2. The fraction of sp³-hybridized carbons (Fsp3) is 0.462. The minimum absolute atomic E-state index is 0.0163. The molecule has 2 amide bonds. The molecular weight excluding hydrogens is 480 g/mol. The zero-order valence-corrected chi connectivity index (χ0v) is 22.1. The third-order valence-corrected chi connectivity index (χ3v) is 7.29. The molecule has 10 heteroatoms. The first-order valence-corrected chi connectivity index (χ1v) is 12.9. The fourth-order valence-corrected chi connectivity index (χ4v) is 5.51. The molecule has 36 heavy (non-hydrogen) atoms. The van der Waals surface area contributed by atoms with Crippen molar-refractivity contribution in [2.75, 3.05) is 33.3 Å². The van der Waals surface area contributed by atoms with Crippen LogP contribution in [0.3, 0.4) is 0 Å². The van der Waals surface area contributed by atoms with Gasteiger partial charge < -0.3 is 24.2 Å². The minimum atomic E-state index is -0.488. The largest absolute Gasteiger partial charge is 0.497 e. The van der Waals surface area contributed by atoms with Crippen LogP contribution < -0.4 is 4.74 Å². The maximum Gasteiger partial charge on any atom is 0.338 e. The molecule has 1 saturated heterocycles. The second-order valence-electron chi connectivity index (χ2n) is 9.18. The Bertz CT molecular complexity index is 1130. The molecule has 0 bridgehead atoms. The van der Waals surface area contributed by atoms with Crippen molar-refractivity contribution in [1.82, 2.24) is 14.7 Å². The van der Waals surface area contributed by atoms with Gasteiger partial charge in [-0.15, -0.1) is 0 Å². The molecule has 4 rings (SSSR count). The number of hydrogen-bond acceptors (Lipinski definition) is 8. The number of esters is 1. The van der Waals surface area contributed by atoms with E-state index in [2.05, 4.69) is 0 Å². The molecule has 0 saturated carbocycles. The van der Waals surface area contributed by atoms with E-state index in [9.17, 15) is 14.4 Å². The Morgan fingerprint density at radius 2 is 1.72 bits per heavy atom. The number of carbonyl (C=O) groups is 3. The highest BCUT2D eigenvalue weighted by Gasteiger charge is 2.41. The highest BCUT2D eigenvalue weighted by Crippen LogP contribution is 2.45. The van der Waals surface area contributed by atoms with E-state index in [-0.39, 0.29) is 24.3 Å². The summed E-state index contributed by atoms with van der Waals surface area (Å²) < 4.78 is 10.9. The second kappa shape index (κ2) is 10.8. The molecule has 3 aliphatic rings. The van der Waals surface area contributed by atoms with Gasteiger partial charge in [0.2, 0.25) is 11.8 Å². The van der Waals surface area contributed by atoms with Gasteiger partial charge in [-0.2, -0.15) is 0 Å². The van der Waals surface area contributed by atoms with Gasteiger partial charge in [0.15, 0.2) is 5.17 Å². The van der Waals surface area contributed by atoms with E-state index in [1.165, 1.54) is 11.8 Å². The second-order valence-corrected chi connectivity index (χ2v) is 10.0. The maximum atomic E-state index is 13.2. The standard InChI is InChI=1S/C26H32N4O5S/c1-16(2)35-25(33)23-17(3)27-26-30(24(23)19-6-8-21(34-5)9-7-19)20(15-36-26)14-22(32)29-12-10-28(11-13-29)18(4)31/h6-9,15-16,24H,10-14H2,1-5H3/t24-/m1/s1. The number of rotatable bonds is 6. The van der Waals surface area contributed by atoms with Gasteiger partial charge >= 0.3 is 5.97 Å². The normalized spacial score (nSPS) is 19.7. The number of aliphatic imine (C=N–C) groups is 1. The van der Waals surface area contributed by atoms with Crippen LogP contribution >= 0.6 is 11.8 Å². The highest BCUT2D eigenvalue weighted by molar-refractivity contribution is 8.16. The molecule has 1 fully saturated rings. The lowest BCUT2D eigenvalue weighted by atomic mass is 9.93.